The minimum Gasteiger partial charge on any atom is -0.393 e. The van der Waals surface area contributed by atoms with E-state index in [1.165, 1.54) is 38.5 Å². The number of likely N-dealkylation sites (N-methyl/N-ethyl adjacent to an activating group) is 1. The molecule has 2 fully saturated rings. The van der Waals surface area contributed by atoms with Gasteiger partial charge in [0.05, 0.1) is 25.4 Å². The van der Waals surface area contributed by atoms with Gasteiger partial charge in [-0.25, -0.2) is 0 Å². The highest BCUT2D eigenvalue weighted by Gasteiger charge is 2.22. The maximum Gasteiger partial charge on any atom is 0.236 e. The molecule has 1 aliphatic carbocycles. The van der Waals surface area contributed by atoms with E-state index in [9.17, 15) is 9.90 Å². The van der Waals surface area contributed by atoms with E-state index in [0.29, 0.717) is 45.2 Å². The zero-order valence-corrected chi connectivity index (χ0v) is 14.0. The summed E-state index contributed by atoms with van der Waals surface area (Å²) >= 11 is 0. The minimum absolute atomic E-state index is 0.170. The predicted molar refractivity (Wildman–Crippen MR) is 86.8 cm³/mol. The average molecular weight is 312 g/mol. The summed E-state index contributed by atoms with van der Waals surface area (Å²) in [5.74, 6) is 0.170. The molecule has 0 spiro atoms. The zero-order valence-electron chi connectivity index (χ0n) is 14.0. The Morgan fingerprint density at radius 1 is 1.14 bits per heavy atom. The van der Waals surface area contributed by atoms with Gasteiger partial charge in [0.25, 0.3) is 0 Å². The Morgan fingerprint density at radius 2 is 1.77 bits per heavy atom. The molecular formula is C17H32N2O3. The van der Waals surface area contributed by atoms with Crippen LogP contribution in [-0.4, -0.2) is 72.9 Å². The third-order valence-corrected chi connectivity index (χ3v) is 4.85. The number of piperidine rings is 1. The van der Waals surface area contributed by atoms with E-state index in [1.54, 1.807) is 0 Å². The van der Waals surface area contributed by atoms with E-state index in [0.717, 1.165) is 6.54 Å². The number of carbonyl (C=O) groups excluding carboxylic acids is 1. The third kappa shape index (κ3) is 6.23. The molecule has 0 unspecified atom stereocenters. The standard InChI is InChI=1S/C17H32N2O3/c1-18(12-13-22-16-6-4-2-3-5-7-16)14-17(21)19-10-8-15(20)9-11-19/h15-16,20H,2-14H2,1H3. The van der Waals surface area contributed by atoms with Crippen molar-refractivity contribution in [2.24, 2.45) is 0 Å². The van der Waals surface area contributed by atoms with Gasteiger partial charge >= 0.3 is 0 Å². The highest BCUT2D eigenvalue weighted by molar-refractivity contribution is 5.78. The molecule has 22 heavy (non-hydrogen) atoms. The van der Waals surface area contributed by atoms with Crippen molar-refractivity contribution in [1.29, 1.82) is 0 Å². The normalized spacial score (nSPS) is 22.0. The molecule has 5 nitrogen and oxygen atoms in total. The lowest BCUT2D eigenvalue weighted by Gasteiger charge is -2.31. The van der Waals surface area contributed by atoms with Gasteiger partial charge in [-0.3, -0.25) is 9.69 Å². The maximum absolute atomic E-state index is 12.2. The first-order valence-corrected chi connectivity index (χ1v) is 8.91. The largest absolute Gasteiger partial charge is 0.393 e. The molecule has 2 aliphatic rings. The predicted octanol–water partition coefficient (Wildman–Crippen LogP) is 1.64. The Morgan fingerprint density at radius 3 is 2.41 bits per heavy atom. The summed E-state index contributed by atoms with van der Waals surface area (Å²) in [6, 6.07) is 0. The second-order valence-electron chi connectivity index (χ2n) is 6.83. The van der Waals surface area contributed by atoms with E-state index in [2.05, 4.69) is 0 Å². The van der Waals surface area contributed by atoms with Crippen molar-refractivity contribution in [3.8, 4) is 0 Å². The smallest absolute Gasteiger partial charge is 0.236 e. The van der Waals surface area contributed by atoms with Crippen molar-refractivity contribution in [2.45, 2.75) is 63.6 Å². The first-order chi connectivity index (χ1) is 10.6. The van der Waals surface area contributed by atoms with Crippen LogP contribution in [0.4, 0.5) is 0 Å². The maximum atomic E-state index is 12.2. The number of carbonyl (C=O) groups is 1. The molecular weight excluding hydrogens is 280 g/mol. The molecule has 0 aromatic rings. The summed E-state index contributed by atoms with van der Waals surface area (Å²) in [7, 11) is 1.98. The van der Waals surface area contributed by atoms with Crippen LogP contribution >= 0.6 is 0 Å². The number of amides is 1. The molecule has 1 saturated heterocycles. The van der Waals surface area contributed by atoms with E-state index in [1.807, 2.05) is 16.8 Å². The fourth-order valence-corrected chi connectivity index (χ4v) is 3.31. The number of aliphatic hydroxyl groups is 1. The number of likely N-dealkylation sites (tertiary alicyclic amines) is 1. The molecule has 1 heterocycles. The molecule has 0 radical (unpaired) electrons. The van der Waals surface area contributed by atoms with Crippen molar-refractivity contribution in [1.82, 2.24) is 9.80 Å². The molecule has 0 atom stereocenters. The average Bonchev–Trinajstić information content (AvgIpc) is 2.76. The van der Waals surface area contributed by atoms with Gasteiger partial charge in [0.15, 0.2) is 0 Å². The first kappa shape index (κ1) is 17.7. The van der Waals surface area contributed by atoms with Crippen LogP contribution in [0.25, 0.3) is 0 Å². The van der Waals surface area contributed by atoms with Crippen LogP contribution in [0.2, 0.25) is 0 Å². The Hall–Kier alpha value is -0.650. The van der Waals surface area contributed by atoms with E-state index >= 15 is 0 Å². The second kappa shape index (κ2) is 9.48. The summed E-state index contributed by atoms with van der Waals surface area (Å²) < 4.78 is 5.98. The Kier molecular flexibility index (Phi) is 7.63. The lowest BCUT2D eigenvalue weighted by molar-refractivity contribution is -0.134. The molecule has 0 bridgehead atoms. The van der Waals surface area contributed by atoms with Crippen molar-refractivity contribution in [2.75, 3.05) is 39.8 Å². The third-order valence-electron chi connectivity index (χ3n) is 4.85. The topological polar surface area (TPSA) is 53.0 Å². The number of ether oxygens (including phenoxy) is 1. The molecule has 1 N–H and O–H groups in total. The monoisotopic (exact) mass is 312 g/mol. The van der Waals surface area contributed by atoms with Crippen LogP contribution in [0.15, 0.2) is 0 Å². The number of aliphatic hydroxyl groups excluding tert-OH is 1. The van der Waals surface area contributed by atoms with Crippen molar-refractivity contribution in [3.63, 3.8) is 0 Å². The van der Waals surface area contributed by atoms with Gasteiger partial charge in [0, 0.05) is 19.6 Å². The summed E-state index contributed by atoms with van der Waals surface area (Å²) in [5.41, 5.74) is 0. The SMILES string of the molecule is CN(CCOC1CCCCCC1)CC(=O)N1CCC(O)CC1. The lowest BCUT2D eigenvalue weighted by Crippen LogP contribution is -2.44. The summed E-state index contributed by atoms with van der Waals surface area (Å²) in [6.45, 7) is 3.34. The molecule has 5 heteroatoms. The molecule has 2 rings (SSSR count). The number of hydrogen-bond donors (Lipinski definition) is 1. The summed E-state index contributed by atoms with van der Waals surface area (Å²) in [6.07, 6.45) is 9.28. The highest BCUT2D eigenvalue weighted by atomic mass is 16.5. The van der Waals surface area contributed by atoms with Crippen LogP contribution in [-0.2, 0) is 9.53 Å². The number of hydrogen-bond acceptors (Lipinski definition) is 4. The lowest BCUT2D eigenvalue weighted by atomic mass is 10.1. The number of nitrogens with zero attached hydrogens (tertiary/aromatic N) is 2. The molecule has 0 aromatic heterocycles. The Balaban J connectivity index is 1.58. The van der Waals surface area contributed by atoms with Gasteiger partial charge in [0.1, 0.15) is 0 Å². The minimum atomic E-state index is -0.227. The summed E-state index contributed by atoms with van der Waals surface area (Å²) in [4.78, 5) is 16.1. The Bertz CT molecular complexity index is 322. The van der Waals surface area contributed by atoms with E-state index in [4.69, 9.17) is 4.74 Å². The van der Waals surface area contributed by atoms with Crippen molar-refractivity contribution >= 4 is 5.91 Å². The van der Waals surface area contributed by atoms with Gasteiger partial charge in [-0.1, -0.05) is 25.7 Å². The molecule has 1 aliphatic heterocycles. The van der Waals surface area contributed by atoms with Gasteiger partial charge in [0.2, 0.25) is 5.91 Å². The summed E-state index contributed by atoms with van der Waals surface area (Å²) in [5, 5.41) is 9.49. The quantitative estimate of drug-likeness (QED) is 0.758. The van der Waals surface area contributed by atoms with Crippen molar-refractivity contribution in [3.05, 3.63) is 0 Å². The van der Waals surface area contributed by atoms with E-state index < -0.39 is 0 Å². The molecule has 0 aromatic carbocycles. The zero-order chi connectivity index (χ0) is 15.8. The van der Waals surface area contributed by atoms with Crippen molar-refractivity contribution < 1.29 is 14.6 Å². The molecule has 128 valence electrons. The van der Waals surface area contributed by atoms with Crippen LogP contribution in [0.1, 0.15) is 51.4 Å². The van der Waals surface area contributed by atoms with Gasteiger partial charge in [-0.15, -0.1) is 0 Å². The van der Waals surface area contributed by atoms with Gasteiger partial charge in [-0.05, 0) is 32.7 Å². The van der Waals surface area contributed by atoms with E-state index in [-0.39, 0.29) is 12.0 Å². The number of rotatable bonds is 6. The highest BCUT2D eigenvalue weighted by Crippen LogP contribution is 2.19. The molecule has 1 amide bonds. The fraction of sp³-hybridized carbons (Fsp3) is 0.941. The van der Waals surface area contributed by atoms with Crippen LogP contribution in [0.3, 0.4) is 0 Å². The Labute approximate surface area is 134 Å². The second-order valence-corrected chi connectivity index (χ2v) is 6.83. The van der Waals surface area contributed by atoms with Crippen LogP contribution in [0.5, 0.6) is 0 Å². The first-order valence-electron chi connectivity index (χ1n) is 8.91. The van der Waals surface area contributed by atoms with Crippen LogP contribution < -0.4 is 0 Å². The van der Waals surface area contributed by atoms with Gasteiger partial charge < -0.3 is 14.7 Å². The van der Waals surface area contributed by atoms with Crippen LogP contribution in [0, 0.1) is 0 Å². The fourth-order valence-electron chi connectivity index (χ4n) is 3.31. The van der Waals surface area contributed by atoms with Gasteiger partial charge in [-0.2, -0.15) is 0 Å². The molecule has 1 saturated carbocycles.